The van der Waals surface area contributed by atoms with Crippen LogP contribution in [0.4, 0.5) is 0 Å². The van der Waals surface area contributed by atoms with Crippen LogP contribution < -0.4 is 0 Å². The van der Waals surface area contributed by atoms with Crippen molar-refractivity contribution in [2.75, 3.05) is 33.2 Å². The van der Waals surface area contributed by atoms with Crippen molar-refractivity contribution in [3.63, 3.8) is 0 Å². The van der Waals surface area contributed by atoms with Gasteiger partial charge in [-0.1, -0.05) is 48.0 Å². The third-order valence-electron chi connectivity index (χ3n) is 5.93. The number of carbonyl (C=O) groups is 2. The third-order valence-corrected chi connectivity index (χ3v) is 6.26. The largest absolute Gasteiger partial charge is 0.340 e. The molecule has 4 rings (SSSR count). The predicted molar refractivity (Wildman–Crippen MR) is 114 cm³/mol. The molecule has 0 saturated carbocycles. The minimum absolute atomic E-state index is 0.0372. The van der Waals surface area contributed by atoms with Gasteiger partial charge in [-0.2, -0.15) is 0 Å². The summed E-state index contributed by atoms with van der Waals surface area (Å²) in [5.74, 6) is -0.148. The number of fused-ring (bicyclic) bond motifs is 1. The topological polar surface area (TPSA) is 43.9 Å². The van der Waals surface area contributed by atoms with Gasteiger partial charge in [-0.3, -0.25) is 9.59 Å². The maximum absolute atomic E-state index is 13.5. The zero-order valence-electron chi connectivity index (χ0n) is 16.7. The van der Waals surface area contributed by atoms with Crippen molar-refractivity contribution in [1.29, 1.82) is 0 Å². The van der Waals surface area contributed by atoms with Crippen LogP contribution in [-0.2, 0) is 17.8 Å². The standard InChI is InChI=1S/C23H26ClN3O2/c1-25-11-6-12-26(14-13-25)23(29)21-15-17-7-2-3-8-18(17)16-27(21)22(28)19-9-4-5-10-20(19)24/h2-5,7-10,21H,6,11-16H2,1H3. The summed E-state index contributed by atoms with van der Waals surface area (Å²) in [7, 11) is 2.08. The molecule has 152 valence electrons. The lowest BCUT2D eigenvalue weighted by atomic mass is 9.92. The zero-order chi connectivity index (χ0) is 20.4. The highest BCUT2D eigenvalue weighted by atomic mass is 35.5. The van der Waals surface area contributed by atoms with Crippen molar-refractivity contribution >= 4 is 23.4 Å². The Labute approximate surface area is 176 Å². The van der Waals surface area contributed by atoms with Crippen molar-refractivity contribution in [3.05, 3.63) is 70.2 Å². The number of likely N-dealkylation sites (N-methyl/N-ethyl adjacent to an activating group) is 1. The number of amides is 2. The molecule has 1 saturated heterocycles. The Morgan fingerprint density at radius 2 is 1.66 bits per heavy atom. The fraction of sp³-hybridized carbons (Fsp3) is 0.391. The average Bonchev–Trinajstić information content (AvgIpc) is 2.96. The van der Waals surface area contributed by atoms with E-state index in [1.54, 1.807) is 29.2 Å². The smallest absolute Gasteiger partial charge is 0.256 e. The van der Waals surface area contributed by atoms with Crippen LogP contribution in [0.2, 0.25) is 5.02 Å². The van der Waals surface area contributed by atoms with Crippen molar-refractivity contribution in [3.8, 4) is 0 Å². The Balaban J connectivity index is 1.66. The molecule has 6 heteroatoms. The highest BCUT2D eigenvalue weighted by molar-refractivity contribution is 6.33. The second-order valence-corrected chi connectivity index (χ2v) is 8.29. The highest BCUT2D eigenvalue weighted by Crippen LogP contribution is 2.28. The first-order valence-electron chi connectivity index (χ1n) is 10.1. The molecule has 1 atom stereocenters. The SMILES string of the molecule is CN1CCCN(C(=O)C2Cc3ccccc3CN2C(=O)c2ccccc2Cl)CC1. The van der Waals surface area contributed by atoms with Gasteiger partial charge in [-0.25, -0.2) is 0 Å². The van der Waals surface area contributed by atoms with Gasteiger partial charge >= 0.3 is 0 Å². The van der Waals surface area contributed by atoms with Gasteiger partial charge < -0.3 is 14.7 Å². The fourth-order valence-electron chi connectivity index (χ4n) is 4.22. The number of carbonyl (C=O) groups excluding carboxylic acids is 2. The van der Waals surface area contributed by atoms with Crippen molar-refractivity contribution in [2.24, 2.45) is 0 Å². The number of rotatable bonds is 2. The Hall–Kier alpha value is -2.37. The minimum Gasteiger partial charge on any atom is -0.340 e. The van der Waals surface area contributed by atoms with E-state index in [0.29, 0.717) is 30.1 Å². The normalized spacial score (nSPS) is 20.1. The fourth-order valence-corrected chi connectivity index (χ4v) is 4.44. The third kappa shape index (κ3) is 4.16. The first-order chi connectivity index (χ1) is 14.0. The molecule has 0 bridgehead atoms. The van der Waals surface area contributed by atoms with Gasteiger partial charge in [-0.15, -0.1) is 0 Å². The summed E-state index contributed by atoms with van der Waals surface area (Å²) in [5.41, 5.74) is 2.68. The molecule has 29 heavy (non-hydrogen) atoms. The molecule has 2 heterocycles. The summed E-state index contributed by atoms with van der Waals surface area (Å²) in [6, 6.07) is 14.6. The second-order valence-electron chi connectivity index (χ2n) is 7.88. The monoisotopic (exact) mass is 411 g/mol. The first kappa shape index (κ1) is 19.9. The lowest BCUT2D eigenvalue weighted by Crippen LogP contribution is -2.54. The van der Waals surface area contributed by atoms with Gasteiger partial charge in [0, 0.05) is 32.6 Å². The number of hydrogen-bond donors (Lipinski definition) is 0. The van der Waals surface area contributed by atoms with Gasteiger partial charge in [0.1, 0.15) is 6.04 Å². The first-order valence-corrected chi connectivity index (χ1v) is 10.5. The molecule has 0 N–H and O–H groups in total. The van der Waals surface area contributed by atoms with Gasteiger partial charge in [0.25, 0.3) is 5.91 Å². The van der Waals surface area contributed by atoms with Gasteiger partial charge in [0.2, 0.25) is 5.91 Å². The van der Waals surface area contributed by atoms with E-state index in [-0.39, 0.29) is 11.8 Å². The average molecular weight is 412 g/mol. The molecule has 1 unspecified atom stereocenters. The highest BCUT2D eigenvalue weighted by Gasteiger charge is 2.37. The molecule has 2 aliphatic rings. The van der Waals surface area contributed by atoms with E-state index in [1.165, 1.54) is 0 Å². The van der Waals surface area contributed by atoms with Crippen molar-refractivity contribution in [1.82, 2.24) is 14.7 Å². The molecule has 2 amide bonds. The summed E-state index contributed by atoms with van der Waals surface area (Å²) in [4.78, 5) is 32.8. The summed E-state index contributed by atoms with van der Waals surface area (Å²) in [6.07, 6.45) is 1.49. The van der Waals surface area contributed by atoms with Crippen LogP contribution in [0.3, 0.4) is 0 Å². The molecule has 0 radical (unpaired) electrons. The predicted octanol–water partition coefficient (Wildman–Crippen LogP) is 3.07. The number of nitrogens with zero attached hydrogens (tertiary/aromatic N) is 3. The van der Waals surface area contributed by atoms with Crippen molar-refractivity contribution in [2.45, 2.75) is 25.4 Å². The summed E-state index contributed by atoms with van der Waals surface area (Å²) >= 11 is 6.30. The number of halogens is 1. The molecule has 2 aliphatic heterocycles. The van der Waals surface area contributed by atoms with E-state index < -0.39 is 6.04 Å². The maximum atomic E-state index is 13.5. The summed E-state index contributed by atoms with van der Waals surface area (Å²) < 4.78 is 0. The zero-order valence-corrected chi connectivity index (χ0v) is 17.4. The molecule has 2 aromatic rings. The lowest BCUT2D eigenvalue weighted by Gasteiger charge is -2.38. The molecular weight excluding hydrogens is 386 g/mol. The molecule has 5 nitrogen and oxygen atoms in total. The van der Waals surface area contributed by atoms with Crippen LogP contribution in [0.15, 0.2) is 48.5 Å². The molecule has 0 spiro atoms. The van der Waals surface area contributed by atoms with Crippen LogP contribution in [0, 0.1) is 0 Å². The summed E-state index contributed by atoms with van der Waals surface area (Å²) in [6.45, 7) is 3.69. The van der Waals surface area contributed by atoms with Gasteiger partial charge in [0.05, 0.1) is 10.6 Å². The Kier molecular flexibility index (Phi) is 5.88. The van der Waals surface area contributed by atoms with Crippen LogP contribution >= 0.6 is 11.6 Å². The van der Waals surface area contributed by atoms with Crippen LogP contribution in [0.1, 0.15) is 27.9 Å². The van der Waals surface area contributed by atoms with Crippen molar-refractivity contribution < 1.29 is 9.59 Å². The second kappa shape index (κ2) is 8.56. The quantitative estimate of drug-likeness (QED) is 0.762. The van der Waals surface area contributed by atoms with E-state index in [2.05, 4.69) is 18.0 Å². The molecular formula is C23H26ClN3O2. The minimum atomic E-state index is -0.503. The van der Waals surface area contributed by atoms with Gasteiger partial charge in [0.15, 0.2) is 0 Å². The Bertz CT molecular complexity index is 917. The van der Waals surface area contributed by atoms with E-state index in [4.69, 9.17) is 11.6 Å². The molecule has 0 aromatic heterocycles. The van der Waals surface area contributed by atoms with Gasteiger partial charge in [-0.05, 0) is 43.3 Å². The lowest BCUT2D eigenvalue weighted by molar-refractivity contribution is -0.136. The molecule has 2 aromatic carbocycles. The van der Waals surface area contributed by atoms with E-state index in [9.17, 15) is 9.59 Å². The number of hydrogen-bond acceptors (Lipinski definition) is 3. The van der Waals surface area contributed by atoms with Crippen LogP contribution in [-0.4, -0.2) is 65.8 Å². The van der Waals surface area contributed by atoms with E-state index >= 15 is 0 Å². The Morgan fingerprint density at radius 1 is 0.931 bits per heavy atom. The number of benzene rings is 2. The molecule has 1 fully saturated rings. The Morgan fingerprint density at radius 3 is 2.45 bits per heavy atom. The van der Waals surface area contributed by atoms with Crippen LogP contribution in [0.5, 0.6) is 0 Å². The summed E-state index contributed by atoms with van der Waals surface area (Å²) in [5, 5.41) is 0.416. The molecule has 0 aliphatic carbocycles. The van der Waals surface area contributed by atoms with E-state index in [1.807, 2.05) is 23.1 Å². The maximum Gasteiger partial charge on any atom is 0.256 e. The van der Waals surface area contributed by atoms with E-state index in [0.717, 1.165) is 37.2 Å². The van der Waals surface area contributed by atoms with Crippen LogP contribution in [0.25, 0.3) is 0 Å².